The first-order chi connectivity index (χ1) is 14.7. The van der Waals surface area contributed by atoms with Crippen molar-refractivity contribution >= 4 is 17.8 Å². The highest BCUT2D eigenvalue weighted by Gasteiger charge is 2.29. The van der Waals surface area contributed by atoms with E-state index in [2.05, 4.69) is 0 Å². The van der Waals surface area contributed by atoms with Crippen LogP contribution in [0.3, 0.4) is 0 Å². The number of rotatable bonds is 4. The summed E-state index contributed by atoms with van der Waals surface area (Å²) in [6, 6.07) is 12.6. The molecule has 2 aromatic carbocycles. The lowest BCUT2D eigenvalue weighted by molar-refractivity contribution is -0.157. The van der Waals surface area contributed by atoms with Crippen LogP contribution >= 0.6 is 0 Å². The average molecular weight is 420 g/mol. The Kier molecular flexibility index (Phi) is 5.31. The van der Waals surface area contributed by atoms with Gasteiger partial charge in [0, 0.05) is 11.6 Å². The lowest BCUT2D eigenvalue weighted by atomic mass is 10.0. The molecule has 0 saturated heterocycles. The van der Waals surface area contributed by atoms with Gasteiger partial charge in [-0.3, -0.25) is 4.79 Å². The van der Waals surface area contributed by atoms with Crippen LogP contribution in [-0.4, -0.2) is 30.1 Å². The number of Topliss-reactive ketones (excluding diaryl/α,β-unsaturated/α-hetero) is 1. The molecule has 0 fully saturated rings. The Hall–Kier alpha value is -3.54. The van der Waals surface area contributed by atoms with Gasteiger partial charge >= 0.3 is 5.97 Å². The second-order valence-electron chi connectivity index (χ2n) is 8.42. The van der Waals surface area contributed by atoms with Gasteiger partial charge in [0.25, 0.3) is 0 Å². The zero-order chi connectivity index (χ0) is 22.2. The highest BCUT2D eigenvalue weighted by molar-refractivity contribution is 6.12. The number of ketones is 1. The van der Waals surface area contributed by atoms with Crippen molar-refractivity contribution in [1.82, 2.24) is 0 Å². The third-order valence-corrected chi connectivity index (χ3v) is 4.73. The van der Waals surface area contributed by atoms with E-state index < -0.39 is 11.6 Å². The molecule has 0 bridgehead atoms. The van der Waals surface area contributed by atoms with Gasteiger partial charge in [0.1, 0.15) is 29.0 Å². The van der Waals surface area contributed by atoms with Gasteiger partial charge in [-0.25, -0.2) is 4.79 Å². The molecule has 2 heterocycles. The molecule has 2 aromatic rings. The molecule has 0 unspecified atom stereocenters. The molecule has 0 amide bonds. The maximum atomic E-state index is 12.8. The third kappa shape index (κ3) is 4.63. The standard InChI is InChI=1S/C25H24O6/c1-15-17(11-16-7-5-6-8-20(16)29-15)12-22-24(27)19-10-9-18(13-21(19)30-22)28-14-23(26)31-25(2,3)4/h5-13,15H,14H2,1-4H3/b22-12+/t15-/m1/s1. The molecule has 6 heteroatoms. The van der Waals surface area contributed by atoms with E-state index in [4.69, 9.17) is 18.9 Å². The topological polar surface area (TPSA) is 71.1 Å². The Morgan fingerprint density at radius 3 is 2.68 bits per heavy atom. The summed E-state index contributed by atoms with van der Waals surface area (Å²) in [4.78, 5) is 24.6. The molecule has 0 N–H and O–H groups in total. The molecule has 0 aromatic heterocycles. The van der Waals surface area contributed by atoms with Crippen molar-refractivity contribution in [2.75, 3.05) is 6.61 Å². The molecule has 1 atom stereocenters. The fourth-order valence-electron chi connectivity index (χ4n) is 3.34. The maximum Gasteiger partial charge on any atom is 0.344 e. The van der Waals surface area contributed by atoms with E-state index in [1.54, 1.807) is 45.0 Å². The molecule has 0 spiro atoms. The summed E-state index contributed by atoms with van der Waals surface area (Å²) in [5, 5.41) is 0. The Balaban J connectivity index is 1.49. The van der Waals surface area contributed by atoms with E-state index in [9.17, 15) is 9.59 Å². The van der Waals surface area contributed by atoms with Crippen molar-refractivity contribution in [3.8, 4) is 17.2 Å². The molecule has 4 rings (SSSR count). The summed E-state index contributed by atoms with van der Waals surface area (Å²) in [6.07, 6.45) is 3.49. The quantitative estimate of drug-likeness (QED) is 0.526. The molecule has 0 aliphatic carbocycles. The number of fused-ring (bicyclic) bond motifs is 2. The first-order valence-electron chi connectivity index (χ1n) is 10.1. The number of hydrogen-bond donors (Lipinski definition) is 0. The number of carbonyl (C=O) groups excluding carboxylic acids is 2. The van der Waals surface area contributed by atoms with Crippen molar-refractivity contribution in [3.05, 3.63) is 71.0 Å². The van der Waals surface area contributed by atoms with Crippen molar-refractivity contribution < 1.29 is 28.5 Å². The van der Waals surface area contributed by atoms with Gasteiger partial charge in [0.15, 0.2) is 12.4 Å². The largest absolute Gasteiger partial charge is 0.485 e. The SMILES string of the molecule is C[C@H]1Oc2ccccc2C=C1/C=C1/Oc2cc(OCC(=O)OC(C)(C)C)ccc2C1=O. The van der Waals surface area contributed by atoms with E-state index in [-0.39, 0.29) is 24.3 Å². The molecule has 2 aliphatic heterocycles. The van der Waals surface area contributed by atoms with Gasteiger partial charge < -0.3 is 18.9 Å². The molecule has 6 nitrogen and oxygen atoms in total. The lowest BCUT2D eigenvalue weighted by Gasteiger charge is -2.22. The number of carbonyl (C=O) groups is 2. The normalized spacial score (nSPS) is 18.5. The monoisotopic (exact) mass is 420 g/mol. The molecule has 160 valence electrons. The number of hydrogen-bond acceptors (Lipinski definition) is 6. The van der Waals surface area contributed by atoms with Crippen LogP contribution in [0.4, 0.5) is 0 Å². The number of esters is 1. The highest BCUT2D eigenvalue weighted by atomic mass is 16.6. The average Bonchev–Trinajstić information content (AvgIpc) is 3.00. The fraction of sp³-hybridized carbons (Fsp3) is 0.280. The second-order valence-corrected chi connectivity index (χ2v) is 8.42. The summed E-state index contributed by atoms with van der Waals surface area (Å²) in [5.41, 5.74) is 1.66. The fourth-order valence-corrected chi connectivity index (χ4v) is 3.34. The number of allylic oxidation sites excluding steroid dienone is 1. The van der Waals surface area contributed by atoms with Crippen molar-refractivity contribution in [3.63, 3.8) is 0 Å². The highest BCUT2D eigenvalue weighted by Crippen LogP contribution is 2.36. The summed E-state index contributed by atoms with van der Waals surface area (Å²) < 4.78 is 22.5. The van der Waals surface area contributed by atoms with E-state index in [1.807, 2.05) is 37.3 Å². The van der Waals surface area contributed by atoms with Gasteiger partial charge in [0.2, 0.25) is 5.78 Å². The van der Waals surface area contributed by atoms with Gasteiger partial charge in [-0.15, -0.1) is 0 Å². The van der Waals surface area contributed by atoms with Crippen LogP contribution in [0.25, 0.3) is 6.08 Å². The lowest BCUT2D eigenvalue weighted by Crippen LogP contribution is -2.27. The predicted molar refractivity (Wildman–Crippen MR) is 115 cm³/mol. The van der Waals surface area contributed by atoms with Gasteiger partial charge in [-0.05, 0) is 63.6 Å². The van der Waals surface area contributed by atoms with Gasteiger partial charge in [-0.2, -0.15) is 0 Å². The van der Waals surface area contributed by atoms with E-state index in [0.717, 1.165) is 16.9 Å². The van der Waals surface area contributed by atoms with Crippen molar-refractivity contribution in [2.45, 2.75) is 39.4 Å². The van der Waals surface area contributed by atoms with Crippen molar-refractivity contribution in [1.29, 1.82) is 0 Å². The van der Waals surface area contributed by atoms with Crippen LogP contribution in [-0.2, 0) is 9.53 Å². The van der Waals surface area contributed by atoms with Crippen LogP contribution in [0, 0.1) is 0 Å². The van der Waals surface area contributed by atoms with Crippen LogP contribution in [0.15, 0.2) is 59.9 Å². The van der Waals surface area contributed by atoms with Crippen LogP contribution in [0.1, 0.15) is 43.6 Å². The number of ether oxygens (including phenoxy) is 4. The minimum atomic E-state index is -0.581. The minimum Gasteiger partial charge on any atom is -0.485 e. The summed E-state index contributed by atoms with van der Waals surface area (Å²) in [7, 11) is 0. The van der Waals surface area contributed by atoms with E-state index in [0.29, 0.717) is 17.1 Å². The smallest absolute Gasteiger partial charge is 0.344 e. The Labute approximate surface area is 181 Å². The number of para-hydroxylation sites is 1. The zero-order valence-electron chi connectivity index (χ0n) is 17.9. The first-order valence-corrected chi connectivity index (χ1v) is 10.1. The second kappa shape index (κ2) is 7.95. The molecule has 0 saturated carbocycles. The summed E-state index contributed by atoms with van der Waals surface area (Å²) in [5.74, 6) is 1.17. The van der Waals surface area contributed by atoms with E-state index >= 15 is 0 Å². The minimum absolute atomic E-state index is 0.208. The van der Waals surface area contributed by atoms with Gasteiger partial charge in [0.05, 0.1) is 5.56 Å². The molecule has 0 radical (unpaired) electrons. The third-order valence-electron chi connectivity index (χ3n) is 4.73. The zero-order valence-corrected chi connectivity index (χ0v) is 17.9. The Morgan fingerprint density at radius 1 is 1.13 bits per heavy atom. The molecule has 31 heavy (non-hydrogen) atoms. The molecular weight excluding hydrogens is 396 g/mol. The van der Waals surface area contributed by atoms with Crippen LogP contribution < -0.4 is 14.2 Å². The Bertz CT molecular complexity index is 1100. The predicted octanol–water partition coefficient (Wildman–Crippen LogP) is 4.73. The van der Waals surface area contributed by atoms with Gasteiger partial charge in [-0.1, -0.05) is 18.2 Å². The van der Waals surface area contributed by atoms with Crippen molar-refractivity contribution in [2.24, 2.45) is 0 Å². The summed E-state index contributed by atoms with van der Waals surface area (Å²) in [6.45, 7) is 7.07. The number of benzene rings is 2. The van der Waals surface area contributed by atoms with Crippen LogP contribution in [0.5, 0.6) is 17.2 Å². The Morgan fingerprint density at radius 2 is 1.90 bits per heavy atom. The molecular formula is C25H24O6. The summed E-state index contributed by atoms with van der Waals surface area (Å²) >= 11 is 0. The van der Waals surface area contributed by atoms with Crippen LogP contribution in [0.2, 0.25) is 0 Å². The van der Waals surface area contributed by atoms with E-state index in [1.165, 1.54) is 0 Å². The maximum absolute atomic E-state index is 12.8. The first kappa shape index (κ1) is 20.7. The molecule has 2 aliphatic rings.